The van der Waals surface area contributed by atoms with E-state index in [0.29, 0.717) is 15.2 Å². The van der Waals surface area contributed by atoms with Crippen molar-refractivity contribution in [2.75, 3.05) is 16.8 Å². The lowest BCUT2D eigenvalue weighted by Crippen LogP contribution is -2.31. The molecule has 4 nitrogen and oxygen atoms in total. The Bertz CT molecular complexity index is 534. The van der Waals surface area contributed by atoms with Crippen LogP contribution in [0.25, 0.3) is 0 Å². The highest BCUT2D eigenvalue weighted by Gasteiger charge is 2.36. The van der Waals surface area contributed by atoms with Crippen molar-refractivity contribution in [3.8, 4) is 0 Å². The molecule has 7 heteroatoms. The van der Waals surface area contributed by atoms with Gasteiger partial charge in [-0.15, -0.1) is 0 Å². The van der Waals surface area contributed by atoms with Gasteiger partial charge in [0.15, 0.2) is 9.84 Å². The van der Waals surface area contributed by atoms with Gasteiger partial charge in [0.1, 0.15) is 0 Å². The first-order valence-corrected chi connectivity index (χ1v) is 7.97. The summed E-state index contributed by atoms with van der Waals surface area (Å²) in [5.41, 5.74) is 0.679. The van der Waals surface area contributed by atoms with E-state index < -0.39 is 22.0 Å². The van der Waals surface area contributed by atoms with Gasteiger partial charge in [-0.1, -0.05) is 17.7 Å². The van der Waals surface area contributed by atoms with Gasteiger partial charge in [-0.25, -0.2) is 8.42 Å². The quantitative estimate of drug-likeness (QED) is 0.859. The fourth-order valence-electron chi connectivity index (χ4n) is 1.78. The summed E-state index contributed by atoms with van der Waals surface area (Å²) in [5.74, 6) is -0.254. The summed E-state index contributed by atoms with van der Waals surface area (Å²) in [5, 5.41) is 13.2. The van der Waals surface area contributed by atoms with Crippen molar-refractivity contribution in [2.45, 2.75) is 12.1 Å². The standard InChI is InChI=1S/C10H11BrClNO3S/c11-10-6(12)2-1-3-7(10)13-8-4-17(15,16)5-9(8)14/h1-3,8-9,13-14H,4-5H2. The Labute approximate surface area is 113 Å². The Balaban J connectivity index is 2.20. The molecular formula is C10H11BrClNO3S. The molecule has 2 N–H and O–H groups in total. The summed E-state index contributed by atoms with van der Waals surface area (Å²) in [7, 11) is -3.15. The smallest absolute Gasteiger partial charge is 0.155 e. The van der Waals surface area contributed by atoms with Crippen LogP contribution in [0.15, 0.2) is 22.7 Å². The van der Waals surface area contributed by atoms with E-state index in [1.165, 1.54) is 0 Å². The first-order chi connectivity index (χ1) is 7.89. The van der Waals surface area contributed by atoms with Gasteiger partial charge in [-0.3, -0.25) is 0 Å². The zero-order chi connectivity index (χ0) is 12.6. The Morgan fingerprint density at radius 2 is 2.12 bits per heavy atom. The first-order valence-electron chi connectivity index (χ1n) is 4.98. The van der Waals surface area contributed by atoms with Gasteiger partial charge in [0, 0.05) is 0 Å². The molecule has 0 radical (unpaired) electrons. The number of benzene rings is 1. The summed E-state index contributed by atoms with van der Waals surface area (Å²) < 4.78 is 23.4. The highest BCUT2D eigenvalue weighted by molar-refractivity contribution is 9.10. The number of hydrogen-bond acceptors (Lipinski definition) is 4. The molecule has 2 atom stereocenters. The van der Waals surface area contributed by atoms with Crippen molar-refractivity contribution >= 4 is 43.1 Å². The highest BCUT2D eigenvalue weighted by atomic mass is 79.9. The lowest BCUT2D eigenvalue weighted by atomic mass is 10.2. The normalized spacial score (nSPS) is 27.0. The van der Waals surface area contributed by atoms with Crippen LogP contribution in [-0.4, -0.2) is 37.2 Å². The van der Waals surface area contributed by atoms with Gasteiger partial charge in [0.2, 0.25) is 0 Å². The molecule has 1 aromatic rings. The van der Waals surface area contributed by atoms with Crippen LogP contribution >= 0.6 is 27.5 Å². The van der Waals surface area contributed by atoms with E-state index >= 15 is 0 Å². The van der Waals surface area contributed by atoms with Crippen molar-refractivity contribution in [3.05, 3.63) is 27.7 Å². The topological polar surface area (TPSA) is 66.4 Å². The van der Waals surface area contributed by atoms with Gasteiger partial charge in [-0.05, 0) is 28.1 Å². The minimum absolute atomic E-state index is 0.0624. The Kier molecular flexibility index (Phi) is 3.68. The number of nitrogens with one attached hydrogen (secondary N) is 1. The van der Waals surface area contributed by atoms with Crippen molar-refractivity contribution in [3.63, 3.8) is 0 Å². The predicted molar refractivity (Wildman–Crippen MR) is 71.2 cm³/mol. The number of sulfone groups is 1. The molecule has 0 spiro atoms. The molecule has 0 aliphatic carbocycles. The van der Waals surface area contributed by atoms with Gasteiger partial charge >= 0.3 is 0 Å². The third kappa shape index (κ3) is 2.93. The van der Waals surface area contributed by atoms with Crippen LogP contribution < -0.4 is 5.32 Å². The molecule has 0 amide bonds. The zero-order valence-electron chi connectivity index (χ0n) is 8.73. The molecule has 1 aliphatic heterocycles. The van der Waals surface area contributed by atoms with Crippen LogP contribution in [0.4, 0.5) is 5.69 Å². The Morgan fingerprint density at radius 1 is 1.41 bits per heavy atom. The lowest BCUT2D eigenvalue weighted by molar-refractivity contribution is 0.190. The third-order valence-corrected chi connectivity index (χ3v) is 5.73. The van der Waals surface area contributed by atoms with Crippen LogP contribution in [0.3, 0.4) is 0 Å². The molecule has 1 aliphatic rings. The number of rotatable bonds is 2. The van der Waals surface area contributed by atoms with E-state index in [4.69, 9.17) is 11.6 Å². The largest absolute Gasteiger partial charge is 0.390 e. The van der Waals surface area contributed by atoms with Gasteiger partial charge in [0.05, 0.1) is 38.8 Å². The monoisotopic (exact) mass is 339 g/mol. The van der Waals surface area contributed by atoms with Crippen molar-refractivity contribution in [1.82, 2.24) is 0 Å². The number of aliphatic hydroxyl groups excluding tert-OH is 1. The molecule has 0 saturated carbocycles. The molecule has 17 heavy (non-hydrogen) atoms. The van der Waals surface area contributed by atoms with Crippen LogP contribution in [0.5, 0.6) is 0 Å². The fraction of sp³-hybridized carbons (Fsp3) is 0.400. The lowest BCUT2D eigenvalue weighted by Gasteiger charge is -2.17. The van der Waals surface area contributed by atoms with Crippen LogP contribution in [0.1, 0.15) is 0 Å². The van der Waals surface area contributed by atoms with Gasteiger partial charge < -0.3 is 10.4 Å². The predicted octanol–water partition coefficient (Wildman–Crippen LogP) is 1.67. The molecule has 1 fully saturated rings. The molecule has 2 unspecified atom stereocenters. The summed E-state index contributed by atoms with van der Waals surface area (Å²) in [6.45, 7) is 0. The second-order valence-corrected chi connectivity index (χ2v) is 7.35. The maximum absolute atomic E-state index is 11.4. The maximum Gasteiger partial charge on any atom is 0.155 e. The average molecular weight is 341 g/mol. The summed E-state index contributed by atoms with van der Waals surface area (Å²) in [4.78, 5) is 0. The number of halogens is 2. The van der Waals surface area contributed by atoms with Crippen LogP contribution in [0, 0.1) is 0 Å². The Hall–Kier alpha value is -0.300. The van der Waals surface area contributed by atoms with Crippen LogP contribution in [0.2, 0.25) is 5.02 Å². The zero-order valence-corrected chi connectivity index (χ0v) is 11.9. The van der Waals surface area contributed by atoms with Crippen molar-refractivity contribution in [2.24, 2.45) is 0 Å². The minimum atomic E-state index is -3.15. The molecule has 1 aromatic carbocycles. The summed E-state index contributed by atoms with van der Waals surface area (Å²) >= 11 is 9.23. The highest BCUT2D eigenvalue weighted by Crippen LogP contribution is 2.31. The van der Waals surface area contributed by atoms with Crippen molar-refractivity contribution in [1.29, 1.82) is 0 Å². The molecular weight excluding hydrogens is 330 g/mol. The minimum Gasteiger partial charge on any atom is -0.390 e. The number of hydrogen-bond donors (Lipinski definition) is 2. The molecule has 0 aromatic heterocycles. The van der Waals surface area contributed by atoms with Gasteiger partial charge in [-0.2, -0.15) is 0 Å². The molecule has 1 heterocycles. The van der Waals surface area contributed by atoms with E-state index in [1.807, 2.05) is 0 Å². The van der Waals surface area contributed by atoms with E-state index in [2.05, 4.69) is 21.2 Å². The first kappa shape index (κ1) is 13.1. The molecule has 1 saturated heterocycles. The maximum atomic E-state index is 11.4. The van der Waals surface area contributed by atoms with Gasteiger partial charge in [0.25, 0.3) is 0 Å². The second-order valence-electron chi connectivity index (χ2n) is 4.00. The van der Waals surface area contributed by atoms with Crippen molar-refractivity contribution < 1.29 is 13.5 Å². The summed E-state index contributed by atoms with van der Waals surface area (Å²) in [6.07, 6.45) is -0.883. The van der Waals surface area contributed by atoms with E-state index in [1.54, 1.807) is 18.2 Å². The fourth-order valence-corrected chi connectivity index (χ4v) is 4.08. The van der Waals surface area contributed by atoms with E-state index in [0.717, 1.165) is 0 Å². The third-order valence-electron chi connectivity index (χ3n) is 2.62. The van der Waals surface area contributed by atoms with Crippen LogP contribution in [-0.2, 0) is 9.84 Å². The van der Waals surface area contributed by atoms with E-state index in [9.17, 15) is 13.5 Å². The summed E-state index contributed by atoms with van der Waals surface area (Å²) in [6, 6.07) is 4.76. The number of anilines is 1. The SMILES string of the molecule is O=S1(=O)CC(O)C(Nc2cccc(Cl)c2Br)C1. The molecule has 2 rings (SSSR count). The molecule has 0 bridgehead atoms. The van der Waals surface area contributed by atoms with E-state index in [-0.39, 0.29) is 11.5 Å². The Morgan fingerprint density at radius 3 is 2.71 bits per heavy atom. The average Bonchev–Trinajstić information content (AvgIpc) is 2.47. The molecule has 94 valence electrons. The number of aliphatic hydroxyl groups is 1. The second kappa shape index (κ2) is 4.76.